The molecule has 78 valence electrons. The van der Waals surface area contributed by atoms with E-state index in [9.17, 15) is 0 Å². The Kier molecular flexibility index (Phi) is 3.31. The predicted octanol–water partition coefficient (Wildman–Crippen LogP) is 0.838. The molecule has 1 atom stereocenters. The number of aryl methyl sites for hydroxylation is 1. The third kappa shape index (κ3) is 2.22. The van der Waals surface area contributed by atoms with Crippen molar-refractivity contribution < 1.29 is 4.74 Å². The molecule has 1 fully saturated rings. The summed E-state index contributed by atoms with van der Waals surface area (Å²) in [5.74, 6) is 1.77. The Morgan fingerprint density at radius 3 is 3.21 bits per heavy atom. The Morgan fingerprint density at radius 1 is 1.57 bits per heavy atom. The molecule has 0 N–H and O–H groups in total. The molecule has 0 aromatic carbocycles. The van der Waals surface area contributed by atoms with Crippen LogP contribution in [0.5, 0.6) is 0 Å². The van der Waals surface area contributed by atoms with Crippen LogP contribution in [0.2, 0.25) is 0 Å². The molecule has 2 heterocycles. The van der Waals surface area contributed by atoms with E-state index in [1.807, 2.05) is 0 Å². The Hall–Kier alpha value is -0.680. The summed E-state index contributed by atoms with van der Waals surface area (Å²) in [6.45, 7) is 2.60. The summed E-state index contributed by atoms with van der Waals surface area (Å²) in [4.78, 5) is 0. The molecule has 1 unspecified atom stereocenters. The highest BCUT2D eigenvalue weighted by Crippen LogP contribution is 2.17. The van der Waals surface area contributed by atoms with E-state index in [1.54, 1.807) is 4.68 Å². The van der Waals surface area contributed by atoms with E-state index in [0.717, 1.165) is 38.4 Å². The fourth-order valence-corrected chi connectivity index (χ4v) is 1.80. The van der Waals surface area contributed by atoms with Gasteiger partial charge in [-0.1, -0.05) is 0 Å². The van der Waals surface area contributed by atoms with E-state index in [2.05, 4.69) is 15.5 Å². The quantitative estimate of drug-likeness (QED) is 0.700. The number of alkyl halides is 1. The Bertz CT molecular complexity index is 285. The number of rotatable bonds is 4. The fraction of sp³-hybridized carbons (Fsp3) is 0.875. The molecule has 0 saturated carbocycles. The van der Waals surface area contributed by atoms with Crippen LogP contribution in [0.3, 0.4) is 0 Å². The van der Waals surface area contributed by atoms with Crippen molar-refractivity contribution in [3.05, 3.63) is 5.82 Å². The summed E-state index contributed by atoms with van der Waals surface area (Å²) in [7, 11) is 0. The largest absolute Gasteiger partial charge is 0.381 e. The van der Waals surface area contributed by atoms with Crippen LogP contribution >= 0.6 is 11.6 Å². The molecule has 1 aliphatic heterocycles. The van der Waals surface area contributed by atoms with Gasteiger partial charge >= 0.3 is 0 Å². The van der Waals surface area contributed by atoms with Crippen molar-refractivity contribution in [1.82, 2.24) is 20.2 Å². The van der Waals surface area contributed by atoms with Crippen LogP contribution in [0.1, 0.15) is 18.7 Å². The first kappa shape index (κ1) is 9.86. The number of hydrogen-bond acceptors (Lipinski definition) is 4. The molecule has 0 spiro atoms. The predicted molar refractivity (Wildman–Crippen MR) is 50.9 cm³/mol. The van der Waals surface area contributed by atoms with Gasteiger partial charge in [0.1, 0.15) is 0 Å². The normalized spacial score (nSPS) is 21.6. The summed E-state index contributed by atoms with van der Waals surface area (Å²) >= 11 is 5.68. The highest BCUT2D eigenvalue weighted by molar-refractivity contribution is 6.16. The molecule has 0 aliphatic carbocycles. The number of tetrazole rings is 1. The lowest BCUT2D eigenvalue weighted by molar-refractivity contribution is 0.183. The lowest BCUT2D eigenvalue weighted by atomic mass is 10.1. The second kappa shape index (κ2) is 4.70. The molecule has 1 saturated heterocycles. The van der Waals surface area contributed by atoms with Crippen molar-refractivity contribution in [2.75, 3.05) is 13.2 Å². The van der Waals surface area contributed by atoms with E-state index >= 15 is 0 Å². The van der Waals surface area contributed by atoms with Gasteiger partial charge in [-0.25, -0.2) is 4.68 Å². The van der Waals surface area contributed by atoms with Crippen LogP contribution in [0.25, 0.3) is 0 Å². The van der Waals surface area contributed by atoms with Gasteiger partial charge in [0, 0.05) is 19.8 Å². The summed E-state index contributed by atoms with van der Waals surface area (Å²) in [6, 6.07) is 0. The van der Waals surface area contributed by atoms with E-state index < -0.39 is 0 Å². The smallest absolute Gasteiger partial charge is 0.165 e. The molecule has 0 amide bonds. The second-order valence-electron chi connectivity index (χ2n) is 3.47. The number of aromatic nitrogens is 4. The summed E-state index contributed by atoms with van der Waals surface area (Å²) in [6.07, 6.45) is 2.22. The van der Waals surface area contributed by atoms with Crippen molar-refractivity contribution in [2.24, 2.45) is 5.92 Å². The lowest BCUT2D eigenvalue weighted by Gasteiger charge is -2.07. The first-order valence-corrected chi connectivity index (χ1v) is 5.32. The lowest BCUT2D eigenvalue weighted by Crippen LogP contribution is -2.09. The van der Waals surface area contributed by atoms with Crippen molar-refractivity contribution in [3.8, 4) is 0 Å². The van der Waals surface area contributed by atoms with Gasteiger partial charge in [0.05, 0.1) is 5.88 Å². The average Bonchev–Trinajstić information content (AvgIpc) is 2.85. The van der Waals surface area contributed by atoms with Gasteiger partial charge in [0.2, 0.25) is 0 Å². The second-order valence-corrected chi connectivity index (χ2v) is 3.74. The van der Waals surface area contributed by atoms with Crippen LogP contribution in [0, 0.1) is 5.92 Å². The van der Waals surface area contributed by atoms with Crippen LogP contribution in [0.15, 0.2) is 0 Å². The average molecular weight is 217 g/mol. The molecule has 5 nitrogen and oxygen atoms in total. The van der Waals surface area contributed by atoms with Gasteiger partial charge in [-0.2, -0.15) is 0 Å². The third-order valence-corrected chi connectivity index (χ3v) is 2.74. The summed E-state index contributed by atoms with van der Waals surface area (Å²) in [5, 5.41) is 11.3. The SMILES string of the molecule is ClCc1nnnn1CCC1CCOC1. The minimum Gasteiger partial charge on any atom is -0.381 e. The summed E-state index contributed by atoms with van der Waals surface area (Å²) in [5.41, 5.74) is 0. The van der Waals surface area contributed by atoms with Gasteiger partial charge in [0.25, 0.3) is 0 Å². The van der Waals surface area contributed by atoms with Crippen LogP contribution in [0.4, 0.5) is 0 Å². The van der Waals surface area contributed by atoms with Gasteiger partial charge in [0.15, 0.2) is 5.82 Å². The maximum Gasteiger partial charge on any atom is 0.165 e. The zero-order valence-corrected chi connectivity index (χ0v) is 8.65. The molecule has 1 aliphatic rings. The zero-order chi connectivity index (χ0) is 9.80. The van der Waals surface area contributed by atoms with E-state index in [1.165, 1.54) is 0 Å². The minimum atomic E-state index is 0.369. The van der Waals surface area contributed by atoms with Crippen molar-refractivity contribution in [3.63, 3.8) is 0 Å². The van der Waals surface area contributed by atoms with Crippen LogP contribution in [-0.2, 0) is 17.2 Å². The standard InChI is InChI=1S/C8H13ClN4O/c9-5-8-10-11-12-13(8)3-1-7-2-4-14-6-7/h7H,1-6H2. The molecule has 2 rings (SSSR count). The number of ether oxygens (including phenoxy) is 1. The monoisotopic (exact) mass is 216 g/mol. The summed E-state index contributed by atoms with van der Waals surface area (Å²) < 4.78 is 7.07. The minimum absolute atomic E-state index is 0.369. The van der Waals surface area contributed by atoms with Crippen molar-refractivity contribution >= 4 is 11.6 Å². The molecule has 0 radical (unpaired) electrons. The van der Waals surface area contributed by atoms with E-state index in [4.69, 9.17) is 16.3 Å². The van der Waals surface area contributed by atoms with Gasteiger partial charge in [-0.05, 0) is 29.2 Å². The molecule has 1 aromatic rings. The van der Waals surface area contributed by atoms with Gasteiger partial charge in [-0.15, -0.1) is 16.7 Å². The van der Waals surface area contributed by atoms with Crippen LogP contribution in [-0.4, -0.2) is 33.4 Å². The fourth-order valence-electron chi connectivity index (χ4n) is 1.61. The van der Waals surface area contributed by atoms with Gasteiger partial charge < -0.3 is 4.74 Å². The molecular weight excluding hydrogens is 204 g/mol. The Morgan fingerprint density at radius 2 is 2.50 bits per heavy atom. The maximum atomic E-state index is 5.68. The first-order valence-electron chi connectivity index (χ1n) is 4.79. The maximum absolute atomic E-state index is 5.68. The topological polar surface area (TPSA) is 52.8 Å². The Labute approximate surface area is 87.4 Å². The molecule has 0 bridgehead atoms. The van der Waals surface area contributed by atoms with Crippen molar-refractivity contribution in [1.29, 1.82) is 0 Å². The zero-order valence-electron chi connectivity index (χ0n) is 7.90. The molecular formula is C8H13ClN4O. The van der Waals surface area contributed by atoms with Gasteiger partial charge in [-0.3, -0.25) is 0 Å². The van der Waals surface area contributed by atoms with E-state index in [0.29, 0.717) is 11.8 Å². The third-order valence-electron chi connectivity index (χ3n) is 2.50. The number of hydrogen-bond donors (Lipinski definition) is 0. The Balaban J connectivity index is 1.84. The molecule has 14 heavy (non-hydrogen) atoms. The number of halogens is 1. The highest BCUT2D eigenvalue weighted by atomic mass is 35.5. The van der Waals surface area contributed by atoms with Crippen LogP contribution < -0.4 is 0 Å². The van der Waals surface area contributed by atoms with Crippen molar-refractivity contribution in [2.45, 2.75) is 25.3 Å². The van der Waals surface area contributed by atoms with E-state index in [-0.39, 0.29) is 0 Å². The molecule has 1 aromatic heterocycles. The first-order chi connectivity index (χ1) is 6.90. The highest BCUT2D eigenvalue weighted by Gasteiger charge is 2.16. The molecule has 6 heteroatoms. The number of nitrogens with zero attached hydrogens (tertiary/aromatic N) is 4.